The summed E-state index contributed by atoms with van der Waals surface area (Å²) in [6.45, 7) is 2.61. The Kier molecular flexibility index (Phi) is 6.99. The van der Waals surface area contributed by atoms with E-state index in [9.17, 15) is 4.79 Å². The molecule has 0 aliphatic carbocycles. The SMILES string of the molecule is CCc1ccc(OCC(=O)NCCOc2ccc3nnc(-c4cccc(OC)c4)n3n2)cc1. The van der Waals surface area contributed by atoms with Gasteiger partial charge in [-0.2, -0.15) is 4.52 Å². The molecule has 4 rings (SSSR count). The second kappa shape index (κ2) is 10.4. The molecule has 0 unspecified atom stereocenters. The highest BCUT2D eigenvalue weighted by atomic mass is 16.5. The van der Waals surface area contributed by atoms with Crippen LogP contribution in [-0.2, 0) is 11.2 Å². The molecule has 0 fully saturated rings. The lowest BCUT2D eigenvalue weighted by molar-refractivity contribution is -0.123. The smallest absolute Gasteiger partial charge is 0.258 e. The molecule has 9 nitrogen and oxygen atoms in total. The Hall–Kier alpha value is -4.14. The number of carbonyl (C=O) groups excluding carboxylic acids is 1. The molecule has 0 saturated heterocycles. The van der Waals surface area contributed by atoms with Gasteiger partial charge in [-0.1, -0.05) is 31.2 Å². The lowest BCUT2D eigenvalue weighted by Gasteiger charge is -2.09. The summed E-state index contributed by atoms with van der Waals surface area (Å²) in [7, 11) is 1.61. The van der Waals surface area contributed by atoms with Crippen LogP contribution in [0, 0.1) is 0 Å². The number of amides is 1. The molecule has 0 saturated carbocycles. The van der Waals surface area contributed by atoms with Gasteiger partial charge >= 0.3 is 0 Å². The summed E-state index contributed by atoms with van der Waals surface area (Å²) in [5, 5.41) is 15.6. The van der Waals surface area contributed by atoms with Gasteiger partial charge in [-0.3, -0.25) is 4.79 Å². The third-order valence-electron chi connectivity index (χ3n) is 4.94. The van der Waals surface area contributed by atoms with Gasteiger partial charge in [0.15, 0.2) is 18.1 Å². The monoisotopic (exact) mass is 447 g/mol. The molecule has 0 bridgehead atoms. The minimum atomic E-state index is -0.222. The first kappa shape index (κ1) is 22.1. The van der Waals surface area contributed by atoms with Crippen molar-refractivity contribution >= 4 is 11.6 Å². The van der Waals surface area contributed by atoms with Crippen LogP contribution in [0.3, 0.4) is 0 Å². The van der Waals surface area contributed by atoms with Crippen LogP contribution >= 0.6 is 0 Å². The van der Waals surface area contributed by atoms with Crippen molar-refractivity contribution in [3.8, 4) is 28.8 Å². The number of rotatable bonds is 10. The van der Waals surface area contributed by atoms with E-state index >= 15 is 0 Å². The van der Waals surface area contributed by atoms with Gasteiger partial charge in [-0.05, 0) is 42.3 Å². The third kappa shape index (κ3) is 5.57. The highest BCUT2D eigenvalue weighted by Gasteiger charge is 2.11. The van der Waals surface area contributed by atoms with E-state index in [1.54, 1.807) is 23.8 Å². The number of benzene rings is 2. The zero-order chi connectivity index (χ0) is 23.0. The number of hydrogen-bond acceptors (Lipinski definition) is 7. The Balaban J connectivity index is 1.29. The average molecular weight is 447 g/mol. The molecule has 0 aliphatic rings. The zero-order valence-electron chi connectivity index (χ0n) is 18.5. The molecular formula is C24H25N5O4. The lowest BCUT2D eigenvalue weighted by Crippen LogP contribution is -2.32. The van der Waals surface area contributed by atoms with Crippen molar-refractivity contribution in [1.82, 2.24) is 25.1 Å². The number of nitrogens with one attached hydrogen (secondary N) is 1. The van der Waals surface area contributed by atoms with E-state index in [1.807, 2.05) is 48.5 Å². The van der Waals surface area contributed by atoms with Crippen molar-refractivity contribution in [1.29, 1.82) is 0 Å². The Labute approximate surface area is 191 Å². The van der Waals surface area contributed by atoms with Crippen molar-refractivity contribution in [2.75, 3.05) is 26.9 Å². The molecule has 0 radical (unpaired) electrons. The summed E-state index contributed by atoms with van der Waals surface area (Å²) in [5.74, 6) is 2.13. The van der Waals surface area contributed by atoms with Gasteiger partial charge in [0, 0.05) is 11.6 Å². The number of hydrogen-bond donors (Lipinski definition) is 1. The van der Waals surface area contributed by atoms with E-state index in [-0.39, 0.29) is 19.1 Å². The third-order valence-corrected chi connectivity index (χ3v) is 4.94. The fourth-order valence-electron chi connectivity index (χ4n) is 3.16. The van der Waals surface area contributed by atoms with Crippen molar-refractivity contribution in [3.05, 3.63) is 66.2 Å². The van der Waals surface area contributed by atoms with E-state index in [4.69, 9.17) is 14.2 Å². The molecule has 2 aromatic heterocycles. The van der Waals surface area contributed by atoms with Gasteiger partial charge < -0.3 is 19.5 Å². The number of fused-ring (bicyclic) bond motifs is 1. The molecule has 170 valence electrons. The molecule has 2 aromatic carbocycles. The van der Waals surface area contributed by atoms with Crippen LogP contribution in [0.4, 0.5) is 0 Å². The number of ether oxygens (including phenoxy) is 3. The summed E-state index contributed by atoms with van der Waals surface area (Å²) < 4.78 is 18.1. The maximum Gasteiger partial charge on any atom is 0.258 e. The van der Waals surface area contributed by atoms with Crippen LogP contribution in [0.15, 0.2) is 60.7 Å². The summed E-state index contributed by atoms with van der Waals surface area (Å²) in [6, 6.07) is 18.7. The summed E-state index contributed by atoms with van der Waals surface area (Å²) in [6.07, 6.45) is 0.961. The standard InChI is InChI=1S/C24H25N5O4/c1-3-17-7-9-19(10-8-17)33-16-22(30)25-13-14-32-23-12-11-21-26-27-24(29(21)28-23)18-5-4-6-20(15-18)31-2/h4-12,15H,3,13-14,16H2,1-2H3,(H,25,30). The second-order valence-electron chi connectivity index (χ2n) is 7.18. The van der Waals surface area contributed by atoms with Crippen molar-refractivity contribution in [2.24, 2.45) is 0 Å². The van der Waals surface area contributed by atoms with Crippen molar-refractivity contribution < 1.29 is 19.0 Å². The fourth-order valence-corrected chi connectivity index (χ4v) is 3.16. The molecule has 1 amide bonds. The molecule has 0 spiro atoms. The minimum Gasteiger partial charge on any atom is -0.497 e. The Morgan fingerprint density at radius 3 is 2.64 bits per heavy atom. The molecule has 0 aliphatic heterocycles. The number of carbonyl (C=O) groups is 1. The van der Waals surface area contributed by atoms with Crippen LogP contribution in [0.2, 0.25) is 0 Å². The molecule has 1 N–H and O–H groups in total. The zero-order valence-corrected chi connectivity index (χ0v) is 18.5. The first-order valence-corrected chi connectivity index (χ1v) is 10.6. The first-order valence-electron chi connectivity index (χ1n) is 10.6. The van der Waals surface area contributed by atoms with Crippen LogP contribution in [-0.4, -0.2) is 52.6 Å². The van der Waals surface area contributed by atoms with E-state index < -0.39 is 0 Å². The minimum absolute atomic E-state index is 0.0553. The lowest BCUT2D eigenvalue weighted by atomic mass is 10.2. The number of aromatic nitrogens is 4. The van der Waals surface area contributed by atoms with Gasteiger partial charge in [0.05, 0.1) is 13.7 Å². The molecular weight excluding hydrogens is 422 g/mol. The van der Waals surface area contributed by atoms with E-state index in [0.717, 1.165) is 12.0 Å². The van der Waals surface area contributed by atoms with Gasteiger partial charge in [-0.25, -0.2) is 0 Å². The number of nitrogens with zero attached hydrogens (tertiary/aromatic N) is 4. The Morgan fingerprint density at radius 2 is 1.85 bits per heavy atom. The maximum absolute atomic E-state index is 12.0. The Bertz CT molecular complexity index is 1220. The maximum atomic E-state index is 12.0. The predicted molar refractivity (Wildman–Crippen MR) is 123 cm³/mol. The summed E-state index contributed by atoms with van der Waals surface area (Å²) in [4.78, 5) is 12.0. The largest absolute Gasteiger partial charge is 0.497 e. The predicted octanol–water partition coefficient (Wildman–Crippen LogP) is 2.94. The molecule has 33 heavy (non-hydrogen) atoms. The van der Waals surface area contributed by atoms with Gasteiger partial charge in [-0.15, -0.1) is 15.3 Å². The van der Waals surface area contributed by atoms with Crippen LogP contribution in [0.25, 0.3) is 17.0 Å². The summed E-state index contributed by atoms with van der Waals surface area (Å²) >= 11 is 0. The number of methoxy groups -OCH3 is 1. The normalized spacial score (nSPS) is 10.7. The quantitative estimate of drug-likeness (QED) is 0.373. The van der Waals surface area contributed by atoms with Gasteiger partial charge in [0.1, 0.15) is 18.1 Å². The Morgan fingerprint density at radius 1 is 1.00 bits per heavy atom. The van der Waals surface area contributed by atoms with Crippen molar-refractivity contribution in [2.45, 2.75) is 13.3 Å². The van der Waals surface area contributed by atoms with E-state index in [0.29, 0.717) is 35.4 Å². The molecule has 0 atom stereocenters. The highest BCUT2D eigenvalue weighted by molar-refractivity contribution is 5.77. The second-order valence-corrected chi connectivity index (χ2v) is 7.18. The van der Waals surface area contributed by atoms with Crippen LogP contribution in [0.5, 0.6) is 17.4 Å². The van der Waals surface area contributed by atoms with Gasteiger partial charge in [0.2, 0.25) is 5.88 Å². The highest BCUT2D eigenvalue weighted by Crippen LogP contribution is 2.23. The molecule has 2 heterocycles. The fraction of sp³-hybridized carbons (Fsp3) is 0.250. The van der Waals surface area contributed by atoms with Gasteiger partial charge in [0.25, 0.3) is 5.91 Å². The number of aryl methyl sites for hydroxylation is 1. The topological polar surface area (TPSA) is 99.9 Å². The molecule has 9 heteroatoms. The van der Waals surface area contributed by atoms with Crippen molar-refractivity contribution in [3.63, 3.8) is 0 Å². The average Bonchev–Trinajstić information content (AvgIpc) is 3.29. The van der Waals surface area contributed by atoms with Crippen LogP contribution < -0.4 is 19.5 Å². The van der Waals surface area contributed by atoms with E-state index in [1.165, 1.54) is 5.56 Å². The summed E-state index contributed by atoms with van der Waals surface area (Å²) in [5.41, 5.74) is 2.64. The van der Waals surface area contributed by atoms with E-state index in [2.05, 4.69) is 27.5 Å². The first-order chi connectivity index (χ1) is 16.2. The molecule has 4 aromatic rings. The van der Waals surface area contributed by atoms with Crippen LogP contribution in [0.1, 0.15) is 12.5 Å².